The lowest BCUT2D eigenvalue weighted by atomic mass is 10.4. The van der Waals surface area contributed by atoms with Crippen molar-refractivity contribution in [2.45, 2.75) is 39.2 Å². The maximum absolute atomic E-state index is 11.4. The molecule has 112 valence electrons. The molecule has 0 radical (unpaired) electrons. The Hall–Kier alpha value is -0.820. The summed E-state index contributed by atoms with van der Waals surface area (Å²) in [5.74, 6) is 0.840. The molecular weight excluding hydrogens is 264 g/mol. The van der Waals surface area contributed by atoms with Crippen LogP contribution in [0.2, 0.25) is 0 Å². The summed E-state index contributed by atoms with van der Waals surface area (Å²) in [7, 11) is -3.08. The number of nitrogens with one attached hydrogen (secondary N) is 2. The Balaban J connectivity index is 2.32. The molecule has 1 rings (SSSR count). The van der Waals surface area contributed by atoms with E-state index in [1.165, 1.54) is 23.4 Å². The second-order valence-corrected chi connectivity index (χ2v) is 6.77. The summed E-state index contributed by atoms with van der Waals surface area (Å²) in [6.07, 6.45) is 4.41. The van der Waals surface area contributed by atoms with Gasteiger partial charge in [0.25, 0.3) is 0 Å². The summed E-state index contributed by atoms with van der Waals surface area (Å²) in [5, 5.41) is 6.52. The highest BCUT2D eigenvalue weighted by molar-refractivity contribution is 7.88. The van der Waals surface area contributed by atoms with Crippen molar-refractivity contribution in [3.8, 4) is 0 Å². The number of aliphatic imine (C=N–C) groups is 1. The van der Waals surface area contributed by atoms with Crippen LogP contribution in [0.5, 0.6) is 0 Å². The molecule has 0 bridgehead atoms. The zero-order valence-electron chi connectivity index (χ0n) is 12.1. The molecule has 0 aromatic carbocycles. The largest absolute Gasteiger partial charge is 0.357 e. The minimum Gasteiger partial charge on any atom is -0.357 e. The number of hydrogen-bond acceptors (Lipinski definition) is 3. The van der Waals surface area contributed by atoms with E-state index in [0.29, 0.717) is 25.7 Å². The molecule has 0 spiro atoms. The van der Waals surface area contributed by atoms with Gasteiger partial charge in [-0.1, -0.05) is 6.92 Å². The van der Waals surface area contributed by atoms with Crippen LogP contribution in [0.3, 0.4) is 0 Å². The third-order valence-electron chi connectivity index (χ3n) is 2.92. The Morgan fingerprint density at radius 2 is 2.05 bits per heavy atom. The number of nitrogens with zero attached hydrogens (tertiary/aromatic N) is 2. The molecular formula is C12H26N4O2S. The number of sulfonamides is 1. The summed E-state index contributed by atoms with van der Waals surface area (Å²) < 4.78 is 24.3. The Morgan fingerprint density at radius 1 is 1.37 bits per heavy atom. The number of guanidine groups is 1. The molecule has 1 fully saturated rings. The van der Waals surface area contributed by atoms with E-state index in [9.17, 15) is 8.42 Å². The highest BCUT2D eigenvalue weighted by Crippen LogP contribution is 2.18. The van der Waals surface area contributed by atoms with E-state index in [-0.39, 0.29) is 0 Å². The van der Waals surface area contributed by atoms with Crippen LogP contribution in [0.15, 0.2) is 4.99 Å². The fraction of sp³-hybridized carbons (Fsp3) is 0.917. The second-order valence-electron chi connectivity index (χ2n) is 4.79. The van der Waals surface area contributed by atoms with Crippen molar-refractivity contribution < 1.29 is 8.42 Å². The molecule has 1 aliphatic carbocycles. The molecule has 0 aliphatic heterocycles. The quantitative estimate of drug-likeness (QED) is 0.385. The van der Waals surface area contributed by atoms with Gasteiger partial charge >= 0.3 is 0 Å². The summed E-state index contributed by atoms with van der Waals surface area (Å²) in [5.41, 5.74) is 0. The first-order chi connectivity index (χ1) is 8.97. The van der Waals surface area contributed by atoms with Crippen LogP contribution >= 0.6 is 0 Å². The van der Waals surface area contributed by atoms with Gasteiger partial charge in [0, 0.05) is 32.2 Å². The van der Waals surface area contributed by atoms with Crippen LogP contribution in [0.4, 0.5) is 0 Å². The van der Waals surface area contributed by atoms with Crippen molar-refractivity contribution >= 4 is 16.0 Å². The normalized spacial score (nSPS) is 16.7. The van der Waals surface area contributed by atoms with Gasteiger partial charge in [0.1, 0.15) is 0 Å². The third-order valence-corrected chi connectivity index (χ3v) is 4.30. The molecule has 0 atom stereocenters. The fourth-order valence-electron chi connectivity index (χ4n) is 1.74. The monoisotopic (exact) mass is 290 g/mol. The van der Waals surface area contributed by atoms with Crippen LogP contribution in [-0.4, -0.2) is 57.2 Å². The van der Waals surface area contributed by atoms with Crippen molar-refractivity contribution in [1.82, 2.24) is 14.9 Å². The molecule has 7 heteroatoms. The van der Waals surface area contributed by atoms with Gasteiger partial charge in [-0.25, -0.2) is 12.7 Å². The lowest BCUT2D eigenvalue weighted by Gasteiger charge is -2.17. The van der Waals surface area contributed by atoms with Crippen LogP contribution < -0.4 is 10.6 Å². The van der Waals surface area contributed by atoms with E-state index < -0.39 is 10.0 Å². The molecule has 0 amide bonds. The Kier molecular flexibility index (Phi) is 6.57. The predicted molar refractivity (Wildman–Crippen MR) is 78.8 cm³/mol. The molecule has 1 aliphatic rings. The van der Waals surface area contributed by atoms with E-state index in [0.717, 1.165) is 18.9 Å². The Labute approximate surface area is 116 Å². The topological polar surface area (TPSA) is 73.8 Å². The Morgan fingerprint density at radius 3 is 2.53 bits per heavy atom. The van der Waals surface area contributed by atoms with Gasteiger partial charge in [0.15, 0.2) is 5.96 Å². The maximum atomic E-state index is 11.4. The van der Waals surface area contributed by atoms with Crippen LogP contribution in [0.1, 0.15) is 33.1 Å². The summed E-state index contributed by atoms with van der Waals surface area (Å²) in [6.45, 7) is 6.40. The average molecular weight is 290 g/mol. The smallest absolute Gasteiger partial charge is 0.211 e. The molecule has 0 aromatic rings. The first-order valence-corrected chi connectivity index (χ1v) is 8.82. The molecule has 6 nitrogen and oxygen atoms in total. The second kappa shape index (κ2) is 7.69. The first kappa shape index (κ1) is 16.2. The SMILES string of the molecule is CCNC(=NCCCN(CC)S(C)(=O)=O)NC1CC1. The van der Waals surface area contributed by atoms with Crippen LogP contribution in [0.25, 0.3) is 0 Å². The zero-order chi connectivity index (χ0) is 14.3. The number of rotatable bonds is 8. The maximum Gasteiger partial charge on any atom is 0.211 e. The standard InChI is InChI=1S/C12H26N4O2S/c1-4-13-12(15-11-7-8-11)14-9-6-10-16(5-2)19(3,17)18/h11H,4-10H2,1-3H3,(H2,13,14,15). The van der Waals surface area contributed by atoms with E-state index in [4.69, 9.17) is 0 Å². The van der Waals surface area contributed by atoms with Gasteiger partial charge in [0.05, 0.1) is 6.26 Å². The van der Waals surface area contributed by atoms with E-state index in [1.54, 1.807) is 0 Å². The van der Waals surface area contributed by atoms with Gasteiger partial charge in [-0.2, -0.15) is 0 Å². The zero-order valence-corrected chi connectivity index (χ0v) is 13.0. The molecule has 1 saturated carbocycles. The van der Waals surface area contributed by atoms with Crippen LogP contribution in [-0.2, 0) is 10.0 Å². The van der Waals surface area contributed by atoms with Crippen molar-refractivity contribution in [2.24, 2.45) is 4.99 Å². The third kappa shape index (κ3) is 6.77. The van der Waals surface area contributed by atoms with Gasteiger partial charge in [0.2, 0.25) is 10.0 Å². The van der Waals surface area contributed by atoms with E-state index in [2.05, 4.69) is 15.6 Å². The molecule has 0 saturated heterocycles. The highest BCUT2D eigenvalue weighted by atomic mass is 32.2. The first-order valence-electron chi connectivity index (χ1n) is 6.97. The molecule has 0 aromatic heterocycles. The van der Waals surface area contributed by atoms with E-state index in [1.807, 2.05) is 13.8 Å². The minimum absolute atomic E-state index is 0.517. The molecule has 19 heavy (non-hydrogen) atoms. The van der Waals surface area contributed by atoms with Gasteiger partial charge < -0.3 is 10.6 Å². The van der Waals surface area contributed by atoms with E-state index >= 15 is 0 Å². The molecule has 0 unspecified atom stereocenters. The fourth-order valence-corrected chi connectivity index (χ4v) is 2.67. The molecule has 0 heterocycles. The van der Waals surface area contributed by atoms with Gasteiger partial charge in [-0.3, -0.25) is 4.99 Å². The van der Waals surface area contributed by atoms with Crippen molar-refractivity contribution in [3.05, 3.63) is 0 Å². The molecule has 2 N–H and O–H groups in total. The minimum atomic E-state index is -3.08. The predicted octanol–water partition coefficient (Wildman–Crippen LogP) is 0.376. The summed E-state index contributed by atoms with van der Waals surface area (Å²) >= 11 is 0. The van der Waals surface area contributed by atoms with Gasteiger partial charge in [-0.05, 0) is 26.2 Å². The highest BCUT2D eigenvalue weighted by Gasteiger charge is 2.22. The number of hydrogen-bond donors (Lipinski definition) is 2. The summed E-state index contributed by atoms with van der Waals surface area (Å²) in [4.78, 5) is 4.45. The average Bonchev–Trinajstić information content (AvgIpc) is 3.11. The lowest BCUT2D eigenvalue weighted by Crippen LogP contribution is -2.38. The lowest BCUT2D eigenvalue weighted by molar-refractivity contribution is 0.427. The van der Waals surface area contributed by atoms with Crippen LogP contribution in [0, 0.1) is 0 Å². The van der Waals surface area contributed by atoms with Crippen molar-refractivity contribution in [2.75, 3.05) is 32.4 Å². The summed E-state index contributed by atoms with van der Waals surface area (Å²) in [6, 6.07) is 0.570. The van der Waals surface area contributed by atoms with Crippen molar-refractivity contribution in [1.29, 1.82) is 0 Å². The van der Waals surface area contributed by atoms with Gasteiger partial charge in [-0.15, -0.1) is 0 Å². The van der Waals surface area contributed by atoms with Crippen molar-refractivity contribution in [3.63, 3.8) is 0 Å². The Bertz CT molecular complexity index is 391.